The summed E-state index contributed by atoms with van der Waals surface area (Å²) in [6.45, 7) is 4.17. The Morgan fingerprint density at radius 1 is 1.43 bits per heavy atom. The topological polar surface area (TPSA) is 67.6 Å². The summed E-state index contributed by atoms with van der Waals surface area (Å²) in [6.07, 6.45) is 3.80. The molecular formula is C10H18N4. The fourth-order valence-corrected chi connectivity index (χ4v) is 1.60. The van der Waals surface area contributed by atoms with E-state index in [4.69, 9.17) is 5.73 Å². The minimum Gasteiger partial charge on any atom is -0.321 e. The largest absolute Gasteiger partial charge is 0.321 e. The van der Waals surface area contributed by atoms with Crippen molar-refractivity contribution in [2.75, 3.05) is 0 Å². The minimum atomic E-state index is -0.0416. The van der Waals surface area contributed by atoms with Crippen molar-refractivity contribution in [1.29, 1.82) is 0 Å². The number of hydrogen-bond donors (Lipinski definition) is 2. The normalized spacial score (nSPS) is 19.7. The average Bonchev–Trinajstić information content (AvgIpc) is 2.48. The molecule has 1 heterocycles. The molecule has 0 bridgehead atoms. The second kappa shape index (κ2) is 3.69. The smallest absolute Gasteiger partial charge is 0.167 e. The monoisotopic (exact) mass is 194 g/mol. The van der Waals surface area contributed by atoms with Crippen LogP contribution in [0.2, 0.25) is 0 Å². The van der Waals surface area contributed by atoms with Crippen LogP contribution in [0.3, 0.4) is 0 Å². The van der Waals surface area contributed by atoms with Crippen LogP contribution in [0.5, 0.6) is 0 Å². The Balaban J connectivity index is 2.08. The minimum absolute atomic E-state index is 0.0416. The Hall–Kier alpha value is -0.900. The average molecular weight is 194 g/mol. The Morgan fingerprint density at radius 3 is 2.64 bits per heavy atom. The van der Waals surface area contributed by atoms with Gasteiger partial charge < -0.3 is 5.73 Å². The van der Waals surface area contributed by atoms with E-state index in [1.807, 2.05) is 0 Å². The SMILES string of the molecule is CC(C)C(N)c1n[nH]c(C2CCC2)n1. The predicted octanol–water partition coefficient (Wildman–Crippen LogP) is 1.73. The van der Waals surface area contributed by atoms with Crippen LogP contribution >= 0.6 is 0 Å². The molecule has 0 spiro atoms. The van der Waals surface area contributed by atoms with Crippen LogP contribution < -0.4 is 5.73 Å². The molecule has 1 unspecified atom stereocenters. The second-order valence-electron chi connectivity index (χ2n) is 4.48. The lowest BCUT2D eigenvalue weighted by Gasteiger charge is -2.22. The zero-order chi connectivity index (χ0) is 10.1. The third-order valence-electron chi connectivity index (χ3n) is 3.03. The molecule has 0 amide bonds. The van der Waals surface area contributed by atoms with Gasteiger partial charge >= 0.3 is 0 Å². The number of nitrogens with zero attached hydrogens (tertiary/aromatic N) is 2. The van der Waals surface area contributed by atoms with Gasteiger partial charge in [0.1, 0.15) is 5.82 Å². The van der Waals surface area contributed by atoms with Crippen molar-refractivity contribution in [2.24, 2.45) is 11.7 Å². The van der Waals surface area contributed by atoms with Crippen LogP contribution in [-0.2, 0) is 0 Å². The van der Waals surface area contributed by atoms with Crippen molar-refractivity contribution in [3.63, 3.8) is 0 Å². The number of H-pyrrole nitrogens is 1. The maximum atomic E-state index is 5.97. The van der Waals surface area contributed by atoms with Crippen LogP contribution in [0.15, 0.2) is 0 Å². The van der Waals surface area contributed by atoms with Gasteiger partial charge in [-0.15, -0.1) is 0 Å². The van der Waals surface area contributed by atoms with E-state index < -0.39 is 0 Å². The molecule has 0 radical (unpaired) electrons. The van der Waals surface area contributed by atoms with Crippen molar-refractivity contribution in [2.45, 2.75) is 45.1 Å². The van der Waals surface area contributed by atoms with Gasteiger partial charge in [0.15, 0.2) is 5.82 Å². The number of rotatable bonds is 3. The van der Waals surface area contributed by atoms with Crippen LogP contribution in [0.4, 0.5) is 0 Å². The third kappa shape index (κ3) is 1.66. The lowest BCUT2D eigenvalue weighted by Crippen LogP contribution is -2.18. The summed E-state index contributed by atoms with van der Waals surface area (Å²) in [5.74, 6) is 2.79. The predicted molar refractivity (Wildman–Crippen MR) is 54.7 cm³/mol. The zero-order valence-electron chi connectivity index (χ0n) is 8.83. The molecular weight excluding hydrogens is 176 g/mol. The molecule has 4 nitrogen and oxygen atoms in total. The third-order valence-corrected chi connectivity index (χ3v) is 3.03. The standard InChI is InChI=1S/C10H18N4/c1-6(2)8(11)10-12-9(13-14-10)7-4-3-5-7/h6-8H,3-5,11H2,1-2H3,(H,12,13,14). The van der Waals surface area contributed by atoms with Gasteiger partial charge in [-0.1, -0.05) is 20.3 Å². The Bertz CT molecular complexity index is 301. The van der Waals surface area contributed by atoms with Crippen LogP contribution in [0.25, 0.3) is 0 Å². The van der Waals surface area contributed by atoms with E-state index in [-0.39, 0.29) is 6.04 Å². The lowest BCUT2D eigenvalue weighted by molar-refractivity contribution is 0.401. The first-order valence-corrected chi connectivity index (χ1v) is 5.36. The van der Waals surface area contributed by atoms with Gasteiger partial charge in [-0.3, -0.25) is 5.10 Å². The maximum absolute atomic E-state index is 5.97. The second-order valence-corrected chi connectivity index (χ2v) is 4.48. The molecule has 0 aliphatic heterocycles. The van der Waals surface area contributed by atoms with Crippen molar-refractivity contribution < 1.29 is 0 Å². The van der Waals surface area contributed by atoms with E-state index >= 15 is 0 Å². The van der Waals surface area contributed by atoms with Gasteiger partial charge in [0.05, 0.1) is 6.04 Å². The first-order chi connectivity index (χ1) is 6.68. The summed E-state index contributed by atoms with van der Waals surface area (Å²) in [7, 11) is 0. The van der Waals surface area contributed by atoms with Crippen molar-refractivity contribution in [3.8, 4) is 0 Å². The first-order valence-electron chi connectivity index (χ1n) is 5.36. The van der Waals surface area contributed by atoms with E-state index in [0.717, 1.165) is 11.6 Å². The first kappa shape index (κ1) is 9.65. The molecule has 14 heavy (non-hydrogen) atoms. The highest BCUT2D eigenvalue weighted by molar-refractivity contribution is 5.04. The van der Waals surface area contributed by atoms with Gasteiger partial charge in [0.2, 0.25) is 0 Å². The molecule has 78 valence electrons. The maximum Gasteiger partial charge on any atom is 0.167 e. The highest BCUT2D eigenvalue weighted by Gasteiger charge is 2.24. The van der Waals surface area contributed by atoms with Gasteiger partial charge in [0, 0.05) is 5.92 Å². The summed E-state index contributed by atoms with van der Waals surface area (Å²) < 4.78 is 0. The summed E-state index contributed by atoms with van der Waals surface area (Å²) in [5.41, 5.74) is 5.97. The van der Waals surface area contributed by atoms with E-state index in [2.05, 4.69) is 29.0 Å². The summed E-state index contributed by atoms with van der Waals surface area (Å²) in [4.78, 5) is 4.46. The van der Waals surface area contributed by atoms with Crippen molar-refractivity contribution in [1.82, 2.24) is 15.2 Å². The molecule has 0 saturated heterocycles. The zero-order valence-corrected chi connectivity index (χ0v) is 8.83. The van der Waals surface area contributed by atoms with Crippen molar-refractivity contribution >= 4 is 0 Å². The number of nitrogens with one attached hydrogen (secondary N) is 1. The van der Waals surface area contributed by atoms with Crippen LogP contribution in [0, 0.1) is 5.92 Å². The molecule has 1 fully saturated rings. The number of hydrogen-bond acceptors (Lipinski definition) is 3. The molecule has 2 rings (SSSR count). The van der Waals surface area contributed by atoms with E-state index in [0.29, 0.717) is 11.8 Å². The molecule has 1 aliphatic rings. The molecule has 1 saturated carbocycles. The number of aromatic amines is 1. The van der Waals surface area contributed by atoms with Crippen molar-refractivity contribution in [3.05, 3.63) is 11.6 Å². The number of nitrogens with two attached hydrogens (primary N) is 1. The Kier molecular flexibility index (Phi) is 2.54. The lowest BCUT2D eigenvalue weighted by atomic mass is 9.85. The molecule has 1 aliphatic carbocycles. The molecule has 1 aromatic heterocycles. The highest BCUT2D eigenvalue weighted by atomic mass is 15.2. The highest BCUT2D eigenvalue weighted by Crippen LogP contribution is 2.34. The van der Waals surface area contributed by atoms with E-state index in [1.165, 1.54) is 19.3 Å². The fraction of sp³-hybridized carbons (Fsp3) is 0.800. The van der Waals surface area contributed by atoms with Crippen LogP contribution in [-0.4, -0.2) is 15.2 Å². The molecule has 4 heteroatoms. The van der Waals surface area contributed by atoms with Crippen LogP contribution in [0.1, 0.15) is 56.7 Å². The van der Waals surface area contributed by atoms with Gasteiger partial charge in [-0.25, -0.2) is 4.98 Å². The molecule has 1 aromatic rings. The summed E-state index contributed by atoms with van der Waals surface area (Å²) in [6, 6.07) is -0.0416. The molecule has 3 N–H and O–H groups in total. The fourth-order valence-electron chi connectivity index (χ4n) is 1.60. The summed E-state index contributed by atoms with van der Waals surface area (Å²) in [5, 5.41) is 7.18. The van der Waals surface area contributed by atoms with Gasteiger partial charge in [-0.05, 0) is 18.8 Å². The molecule has 0 aromatic carbocycles. The van der Waals surface area contributed by atoms with Gasteiger partial charge in [-0.2, -0.15) is 5.10 Å². The summed E-state index contributed by atoms with van der Waals surface area (Å²) >= 11 is 0. The Labute approximate surface area is 84.3 Å². The number of aromatic nitrogens is 3. The van der Waals surface area contributed by atoms with E-state index in [9.17, 15) is 0 Å². The Morgan fingerprint density at radius 2 is 2.14 bits per heavy atom. The quantitative estimate of drug-likeness (QED) is 0.770. The molecule has 1 atom stereocenters. The van der Waals surface area contributed by atoms with E-state index in [1.54, 1.807) is 0 Å². The van der Waals surface area contributed by atoms with Gasteiger partial charge in [0.25, 0.3) is 0 Å².